The molecule has 0 saturated heterocycles. The Morgan fingerprint density at radius 2 is 1.83 bits per heavy atom. The van der Waals surface area contributed by atoms with E-state index in [1.807, 2.05) is 25.1 Å². The molecule has 0 aliphatic rings. The summed E-state index contributed by atoms with van der Waals surface area (Å²) in [6, 6.07) is 15.1. The van der Waals surface area contributed by atoms with Gasteiger partial charge in [-0.05, 0) is 37.1 Å². The maximum absolute atomic E-state index is 12.4. The van der Waals surface area contributed by atoms with Crippen molar-refractivity contribution in [2.45, 2.75) is 31.8 Å². The van der Waals surface area contributed by atoms with Crippen LogP contribution in [0.3, 0.4) is 0 Å². The molecule has 0 atom stereocenters. The van der Waals surface area contributed by atoms with Gasteiger partial charge in [0.25, 0.3) is 0 Å². The molecule has 2 rings (SSSR count). The Labute approximate surface area is 173 Å². The SMILES string of the molecule is CCNC(=NCc1cccc(C)c1)NCc1cccc(S(=O)(=O)NCCOC)c1. The summed E-state index contributed by atoms with van der Waals surface area (Å²) in [5, 5.41) is 6.47. The van der Waals surface area contributed by atoms with Crippen LogP contribution in [0.4, 0.5) is 0 Å². The molecule has 0 amide bonds. The highest BCUT2D eigenvalue weighted by molar-refractivity contribution is 7.89. The van der Waals surface area contributed by atoms with Gasteiger partial charge in [-0.1, -0.05) is 42.0 Å². The van der Waals surface area contributed by atoms with E-state index >= 15 is 0 Å². The maximum Gasteiger partial charge on any atom is 0.240 e. The summed E-state index contributed by atoms with van der Waals surface area (Å²) in [6.07, 6.45) is 0. The molecule has 0 bridgehead atoms. The van der Waals surface area contributed by atoms with Crippen molar-refractivity contribution in [2.24, 2.45) is 4.99 Å². The Morgan fingerprint density at radius 1 is 1.07 bits per heavy atom. The molecular formula is C21H30N4O3S. The molecule has 2 aromatic rings. The average Bonchev–Trinajstić information content (AvgIpc) is 2.70. The molecular weight excluding hydrogens is 388 g/mol. The molecule has 0 aromatic heterocycles. The second-order valence-corrected chi connectivity index (χ2v) is 8.34. The Hall–Kier alpha value is -2.42. The van der Waals surface area contributed by atoms with E-state index in [0.717, 1.165) is 17.7 Å². The highest BCUT2D eigenvalue weighted by Crippen LogP contribution is 2.11. The van der Waals surface area contributed by atoms with Gasteiger partial charge in [0.05, 0.1) is 18.0 Å². The molecule has 158 valence electrons. The number of aryl methyl sites for hydroxylation is 1. The molecule has 0 aliphatic carbocycles. The molecule has 7 nitrogen and oxygen atoms in total. The molecule has 0 radical (unpaired) electrons. The van der Waals surface area contributed by atoms with Gasteiger partial charge in [-0.3, -0.25) is 0 Å². The first kappa shape index (κ1) is 22.9. The van der Waals surface area contributed by atoms with Crippen LogP contribution in [0.2, 0.25) is 0 Å². The number of nitrogens with one attached hydrogen (secondary N) is 3. The lowest BCUT2D eigenvalue weighted by Crippen LogP contribution is -2.36. The molecule has 0 unspecified atom stereocenters. The molecule has 0 saturated carbocycles. The van der Waals surface area contributed by atoms with Crippen LogP contribution >= 0.6 is 0 Å². The molecule has 8 heteroatoms. The summed E-state index contributed by atoms with van der Waals surface area (Å²) in [7, 11) is -2.03. The third-order valence-electron chi connectivity index (χ3n) is 4.11. The van der Waals surface area contributed by atoms with E-state index in [4.69, 9.17) is 4.74 Å². The minimum atomic E-state index is -3.56. The topological polar surface area (TPSA) is 91.8 Å². The first-order valence-corrected chi connectivity index (χ1v) is 11.1. The van der Waals surface area contributed by atoms with Crippen molar-refractivity contribution in [3.8, 4) is 0 Å². The van der Waals surface area contributed by atoms with Gasteiger partial charge in [-0.25, -0.2) is 18.1 Å². The maximum atomic E-state index is 12.4. The summed E-state index contributed by atoms with van der Waals surface area (Å²) in [5.41, 5.74) is 3.19. The second-order valence-electron chi connectivity index (χ2n) is 6.58. The standard InChI is InChI=1S/C21H30N4O3S/c1-4-22-21(23-15-18-8-5-7-17(2)13-18)24-16-19-9-6-10-20(14-19)29(26,27)25-11-12-28-3/h5-10,13-14,25H,4,11-12,15-16H2,1-3H3,(H2,22,23,24). The van der Waals surface area contributed by atoms with Gasteiger partial charge in [0.2, 0.25) is 10.0 Å². The number of benzene rings is 2. The summed E-state index contributed by atoms with van der Waals surface area (Å²) >= 11 is 0. The van der Waals surface area contributed by atoms with E-state index in [0.29, 0.717) is 25.7 Å². The predicted octanol–water partition coefficient (Wildman–Crippen LogP) is 2.18. The number of methoxy groups -OCH3 is 1. The Kier molecular flexibility index (Phi) is 9.11. The fourth-order valence-electron chi connectivity index (χ4n) is 2.69. The van der Waals surface area contributed by atoms with Gasteiger partial charge in [0.1, 0.15) is 0 Å². The summed E-state index contributed by atoms with van der Waals surface area (Å²) in [6.45, 7) is 6.37. The second kappa shape index (κ2) is 11.5. The fraction of sp³-hybridized carbons (Fsp3) is 0.381. The van der Waals surface area contributed by atoms with Crippen LogP contribution in [0.1, 0.15) is 23.6 Å². The van der Waals surface area contributed by atoms with Gasteiger partial charge in [0, 0.05) is 26.7 Å². The minimum absolute atomic E-state index is 0.231. The van der Waals surface area contributed by atoms with Crippen LogP contribution in [0, 0.1) is 6.92 Å². The first-order valence-electron chi connectivity index (χ1n) is 9.60. The lowest BCUT2D eigenvalue weighted by atomic mass is 10.1. The highest BCUT2D eigenvalue weighted by Gasteiger charge is 2.13. The minimum Gasteiger partial charge on any atom is -0.383 e. The van der Waals surface area contributed by atoms with Crippen molar-refractivity contribution in [2.75, 3.05) is 26.8 Å². The Balaban J connectivity index is 2.03. The number of sulfonamides is 1. The monoisotopic (exact) mass is 418 g/mol. The molecule has 0 aliphatic heterocycles. The van der Waals surface area contributed by atoms with E-state index in [9.17, 15) is 8.42 Å². The summed E-state index contributed by atoms with van der Waals surface area (Å²) < 4.78 is 32.1. The van der Waals surface area contributed by atoms with Crippen LogP contribution in [0.15, 0.2) is 58.4 Å². The number of ether oxygens (including phenoxy) is 1. The van der Waals surface area contributed by atoms with E-state index < -0.39 is 10.0 Å². The Morgan fingerprint density at radius 3 is 2.55 bits per heavy atom. The fourth-order valence-corrected chi connectivity index (χ4v) is 3.78. The number of guanidine groups is 1. The lowest BCUT2D eigenvalue weighted by molar-refractivity contribution is 0.204. The van der Waals surface area contributed by atoms with E-state index in [1.54, 1.807) is 18.2 Å². The van der Waals surface area contributed by atoms with Gasteiger partial charge in [-0.2, -0.15) is 0 Å². The zero-order valence-electron chi connectivity index (χ0n) is 17.2. The first-order chi connectivity index (χ1) is 13.9. The van der Waals surface area contributed by atoms with Gasteiger partial charge in [0.15, 0.2) is 5.96 Å². The molecule has 3 N–H and O–H groups in total. The molecule has 29 heavy (non-hydrogen) atoms. The molecule has 0 spiro atoms. The number of hydrogen-bond donors (Lipinski definition) is 3. The van der Waals surface area contributed by atoms with Crippen LogP contribution in [-0.4, -0.2) is 41.2 Å². The van der Waals surface area contributed by atoms with Crippen molar-refractivity contribution in [3.63, 3.8) is 0 Å². The largest absolute Gasteiger partial charge is 0.383 e. The number of aliphatic imine (C=N–C) groups is 1. The number of hydrogen-bond acceptors (Lipinski definition) is 4. The summed E-state index contributed by atoms with van der Waals surface area (Å²) in [5.74, 6) is 0.681. The average molecular weight is 419 g/mol. The van der Waals surface area contributed by atoms with Crippen molar-refractivity contribution >= 4 is 16.0 Å². The molecule has 2 aromatic carbocycles. The quantitative estimate of drug-likeness (QED) is 0.312. The number of rotatable bonds is 10. The highest BCUT2D eigenvalue weighted by atomic mass is 32.2. The predicted molar refractivity (Wildman–Crippen MR) is 116 cm³/mol. The van der Waals surface area contributed by atoms with Crippen LogP contribution in [0.25, 0.3) is 0 Å². The third-order valence-corrected chi connectivity index (χ3v) is 5.57. The molecule has 0 fully saturated rings. The lowest BCUT2D eigenvalue weighted by Gasteiger charge is -2.12. The van der Waals surface area contributed by atoms with Crippen LogP contribution in [0.5, 0.6) is 0 Å². The van der Waals surface area contributed by atoms with Crippen molar-refractivity contribution in [1.82, 2.24) is 15.4 Å². The normalized spacial score (nSPS) is 12.0. The van der Waals surface area contributed by atoms with Crippen molar-refractivity contribution < 1.29 is 13.2 Å². The third kappa shape index (κ3) is 7.84. The Bertz CT molecular complexity index is 914. The van der Waals surface area contributed by atoms with E-state index in [-0.39, 0.29) is 11.4 Å². The zero-order valence-corrected chi connectivity index (χ0v) is 18.1. The number of nitrogens with zero attached hydrogens (tertiary/aromatic N) is 1. The van der Waals surface area contributed by atoms with Crippen molar-refractivity contribution in [3.05, 3.63) is 65.2 Å². The van der Waals surface area contributed by atoms with Gasteiger partial charge in [-0.15, -0.1) is 0 Å². The van der Waals surface area contributed by atoms with E-state index in [1.165, 1.54) is 12.7 Å². The van der Waals surface area contributed by atoms with Crippen LogP contribution in [-0.2, 0) is 27.8 Å². The van der Waals surface area contributed by atoms with Crippen LogP contribution < -0.4 is 15.4 Å². The zero-order chi connectivity index (χ0) is 21.1. The van der Waals surface area contributed by atoms with Gasteiger partial charge < -0.3 is 15.4 Å². The summed E-state index contributed by atoms with van der Waals surface area (Å²) in [4.78, 5) is 4.84. The van der Waals surface area contributed by atoms with Crippen molar-refractivity contribution in [1.29, 1.82) is 0 Å². The smallest absolute Gasteiger partial charge is 0.240 e. The molecule has 0 heterocycles. The van der Waals surface area contributed by atoms with E-state index in [2.05, 4.69) is 39.4 Å². The van der Waals surface area contributed by atoms with Gasteiger partial charge >= 0.3 is 0 Å².